The quantitative estimate of drug-likeness (QED) is 0.402. The molecule has 7 atom stereocenters. The van der Waals surface area contributed by atoms with Crippen LogP contribution in [0.25, 0.3) is 0 Å². The predicted molar refractivity (Wildman–Crippen MR) is 158 cm³/mol. The first-order valence-electron chi connectivity index (χ1n) is 15.0. The van der Waals surface area contributed by atoms with Gasteiger partial charge in [-0.25, -0.2) is 14.0 Å². The molecule has 6 rings (SSSR count). The normalized spacial score (nSPS) is 34.8. The molecule has 0 saturated heterocycles. The molecule has 2 aromatic rings. The van der Waals surface area contributed by atoms with E-state index < -0.39 is 58.6 Å². The number of aliphatic hydroxyl groups is 1. The van der Waals surface area contributed by atoms with Crippen LogP contribution in [0.4, 0.5) is 4.39 Å². The summed E-state index contributed by atoms with van der Waals surface area (Å²) in [6.07, 6.45) is 3.55. The minimum Gasteiger partial charge on any atom is -0.504 e. The number of alkyl halides is 1. The van der Waals surface area contributed by atoms with Crippen LogP contribution in [0.3, 0.4) is 0 Å². The number of nitrogens with zero attached hydrogens (tertiary/aromatic N) is 1. The summed E-state index contributed by atoms with van der Waals surface area (Å²) in [6.45, 7) is 2.81. The van der Waals surface area contributed by atoms with Gasteiger partial charge in [0.05, 0.1) is 11.7 Å². The number of carbonyl (C=O) groups is 3. The summed E-state index contributed by atoms with van der Waals surface area (Å²) in [7, 11) is 0. The molecule has 234 valence electrons. The van der Waals surface area contributed by atoms with Crippen molar-refractivity contribution in [2.75, 3.05) is 6.61 Å². The van der Waals surface area contributed by atoms with Gasteiger partial charge in [0.1, 0.15) is 11.8 Å². The average molecular weight is 616 g/mol. The van der Waals surface area contributed by atoms with E-state index in [-0.39, 0.29) is 35.7 Å². The van der Waals surface area contributed by atoms with E-state index in [2.05, 4.69) is 0 Å². The lowest BCUT2D eigenvalue weighted by molar-refractivity contribution is -0.224. The second-order valence-electron chi connectivity index (χ2n) is 12.9. The highest BCUT2D eigenvalue weighted by Gasteiger charge is 2.76. The van der Waals surface area contributed by atoms with Gasteiger partial charge in [0, 0.05) is 16.7 Å². The van der Waals surface area contributed by atoms with Gasteiger partial charge in [-0.05, 0) is 87.4 Å². The van der Waals surface area contributed by atoms with Crippen LogP contribution in [-0.4, -0.2) is 51.9 Å². The van der Waals surface area contributed by atoms with Crippen LogP contribution >= 0.6 is 0 Å². The summed E-state index contributed by atoms with van der Waals surface area (Å²) in [6, 6.07) is 14.5. The number of aliphatic hydroxyl groups excluding tert-OH is 1. The average Bonchev–Trinajstić information content (AvgIpc) is 3.30. The van der Waals surface area contributed by atoms with Gasteiger partial charge in [-0.2, -0.15) is 5.26 Å². The number of phenols is 1. The number of benzene rings is 2. The maximum atomic E-state index is 17.5. The van der Waals surface area contributed by atoms with Crippen LogP contribution in [0.5, 0.6) is 17.2 Å². The zero-order chi connectivity index (χ0) is 32.2. The molecule has 0 heterocycles. The van der Waals surface area contributed by atoms with Crippen LogP contribution < -0.4 is 4.74 Å². The second-order valence-corrected chi connectivity index (χ2v) is 12.9. The number of allylic oxidation sites excluding steroid dienone is 4. The number of fused-ring (bicyclic) bond motifs is 5. The van der Waals surface area contributed by atoms with Crippen molar-refractivity contribution in [1.82, 2.24) is 0 Å². The van der Waals surface area contributed by atoms with Crippen molar-refractivity contribution in [3.05, 3.63) is 77.9 Å². The fourth-order valence-corrected chi connectivity index (χ4v) is 8.52. The van der Waals surface area contributed by atoms with Crippen molar-refractivity contribution in [3.63, 3.8) is 0 Å². The zero-order valence-electron chi connectivity index (χ0n) is 25.0. The first-order valence-corrected chi connectivity index (χ1v) is 15.0. The van der Waals surface area contributed by atoms with Crippen LogP contribution in [0, 0.1) is 34.0 Å². The third kappa shape index (κ3) is 4.47. The number of aromatic hydroxyl groups is 1. The number of carbonyl (C=O) groups excluding carboxylic acids is 3. The van der Waals surface area contributed by atoms with Crippen molar-refractivity contribution in [1.29, 1.82) is 5.26 Å². The van der Waals surface area contributed by atoms with Crippen molar-refractivity contribution in [2.45, 2.75) is 63.3 Å². The van der Waals surface area contributed by atoms with Crippen LogP contribution in [0.1, 0.15) is 56.3 Å². The molecule has 1 unspecified atom stereocenters. The van der Waals surface area contributed by atoms with E-state index in [1.54, 1.807) is 50.3 Å². The Morgan fingerprint density at radius 3 is 2.58 bits per heavy atom. The number of ether oxygens (including phenoxy) is 3. The number of phenolic OH excluding ortho intramolecular Hbond substituents is 1. The summed E-state index contributed by atoms with van der Waals surface area (Å²) in [5.41, 5.74) is -6.03. The first-order chi connectivity index (χ1) is 21.4. The van der Waals surface area contributed by atoms with Gasteiger partial charge in [-0.15, -0.1) is 0 Å². The van der Waals surface area contributed by atoms with E-state index in [1.165, 1.54) is 30.4 Å². The van der Waals surface area contributed by atoms with Crippen molar-refractivity contribution < 1.29 is 43.2 Å². The van der Waals surface area contributed by atoms with E-state index in [4.69, 9.17) is 19.5 Å². The number of hydrogen-bond donors (Lipinski definition) is 2. The Balaban J connectivity index is 1.34. The summed E-state index contributed by atoms with van der Waals surface area (Å²) in [5.74, 6) is -3.10. The molecule has 10 heteroatoms. The molecule has 0 aliphatic heterocycles. The molecule has 4 aliphatic rings. The number of halogens is 1. The monoisotopic (exact) mass is 615 g/mol. The van der Waals surface area contributed by atoms with E-state index in [9.17, 15) is 24.6 Å². The van der Waals surface area contributed by atoms with Gasteiger partial charge in [0.25, 0.3) is 0 Å². The largest absolute Gasteiger partial charge is 0.504 e. The number of hydrogen-bond acceptors (Lipinski definition) is 9. The lowest BCUT2D eigenvalue weighted by Gasteiger charge is -2.62. The zero-order valence-corrected chi connectivity index (χ0v) is 25.0. The Morgan fingerprint density at radius 2 is 1.87 bits per heavy atom. The number of rotatable bonds is 6. The minimum atomic E-state index is -2.14. The topological polar surface area (TPSA) is 143 Å². The number of nitriles is 1. The van der Waals surface area contributed by atoms with Gasteiger partial charge in [0.15, 0.2) is 29.6 Å². The standard InChI is InChI=1S/C35H34FNO8/c1-32-14-12-23(38)19-22(32)9-10-26-25-13-15-34(31(42)43-17-16-37,33(25,2)20-29(40)35(26,32)36)45-30(41)21-8-11-28(27(39)18-21)44-24-6-4-3-5-7-24/h3-8,11-12,14,18-19,25-26,29,39-40H,9-10,13,15,17,20H2,1-2H3/t25-,26-,29-,32-,33-,34+,35?/m0/s1. The maximum Gasteiger partial charge on any atom is 0.352 e. The Kier molecular flexibility index (Phi) is 7.36. The van der Waals surface area contributed by atoms with Gasteiger partial charge in [0.2, 0.25) is 5.60 Å². The summed E-state index contributed by atoms with van der Waals surface area (Å²) < 4.78 is 34.6. The van der Waals surface area contributed by atoms with Crippen LogP contribution in [0.2, 0.25) is 0 Å². The van der Waals surface area contributed by atoms with Gasteiger partial charge in [-0.3, -0.25) is 4.79 Å². The van der Waals surface area contributed by atoms with E-state index in [0.717, 1.165) is 0 Å². The molecule has 0 bridgehead atoms. The number of para-hydroxylation sites is 1. The van der Waals surface area contributed by atoms with Crippen molar-refractivity contribution in [2.24, 2.45) is 22.7 Å². The Morgan fingerprint density at radius 1 is 1.11 bits per heavy atom. The van der Waals surface area contributed by atoms with Crippen molar-refractivity contribution in [3.8, 4) is 23.3 Å². The lowest BCUT2D eigenvalue weighted by Crippen LogP contribution is -2.69. The first kappa shape index (κ1) is 30.5. The smallest absolute Gasteiger partial charge is 0.352 e. The molecule has 2 N–H and O–H groups in total. The molecule has 0 amide bonds. The highest BCUT2D eigenvalue weighted by atomic mass is 19.1. The molecule has 0 aromatic heterocycles. The molecule has 45 heavy (non-hydrogen) atoms. The number of ketones is 1. The Hall–Kier alpha value is -4.49. The van der Waals surface area contributed by atoms with Crippen molar-refractivity contribution >= 4 is 17.7 Å². The third-order valence-corrected chi connectivity index (χ3v) is 10.8. The molecule has 3 saturated carbocycles. The Labute approximate surface area is 259 Å². The second kappa shape index (κ2) is 10.8. The summed E-state index contributed by atoms with van der Waals surface area (Å²) in [5, 5.41) is 31.5. The van der Waals surface area contributed by atoms with E-state index >= 15 is 4.39 Å². The van der Waals surface area contributed by atoms with Gasteiger partial charge >= 0.3 is 11.9 Å². The highest BCUT2D eigenvalue weighted by molar-refractivity contribution is 6.01. The maximum absolute atomic E-state index is 17.5. The van der Waals surface area contributed by atoms with E-state index in [1.807, 2.05) is 6.07 Å². The molecule has 9 nitrogen and oxygen atoms in total. The lowest BCUT2D eigenvalue weighted by atomic mass is 9.45. The highest BCUT2D eigenvalue weighted by Crippen LogP contribution is 2.70. The molecular weight excluding hydrogens is 581 g/mol. The fourth-order valence-electron chi connectivity index (χ4n) is 8.52. The SMILES string of the molecule is C[C@]12C=CC(=O)C=C1CC[C@H]1[C@@H]3CC[C@@](OC(=O)c4ccc(Oc5ccccc5)c(O)c4)(C(=O)OCC#N)[C@@]3(C)C[C@H](O)C12F. The minimum absolute atomic E-state index is 0.0155. The Bertz CT molecular complexity index is 1670. The number of esters is 2. The third-order valence-electron chi connectivity index (χ3n) is 10.8. The van der Waals surface area contributed by atoms with Gasteiger partial charge < -0.3 is 24.4 Å². The summed E-state index contributed by atoms with van der Waals surface area (Å²) in [4.78, 5) is 39.6. The molecule has 0 spiro atoms. The fraction of sp³-hybridized carbons (Fsp3) is 0.429. The molecule has 2 aromatic carbocycles. The van der Waals surface area contributed by atoms with Gasteiger partial charge in [-0.1, -0.05) is 36.8 Å². The molecule has 3 fully saturated rings. The summed E-state index contributed by atoms with van der Waals surface area (Å²) >= 11 is 0. The molecule has 4 aliphatic carbocycles. The molecule has 0 radical (unpaired) electrons. The molecular formula is C35H34FNO8. The van der Waals surface area contributed by atoms with Crippen LogP contribution in [-0.2, 0) is 19.1 Å². The predicted octanol–water partition coefficient (Wildman–Crippen LogP) is 5.52. The van der Waals surface area contributed by atoms with Crippen LogP contribution in [0.15, 0.2) is 72.3 Å². The van der Waals surface area contributed by atoms with E-state index in [0.29, 0.717) is 30.6 Å².